The SMILES string of the molecule is CC(Br)C(=O)OC(C)C(=O)O.CC(O)C(=O)OC(C)C(=O)O.CC(OC(=O)CCBr)C(=O)O. The van der Waals surface area contributed by atoms with E-state index in [1.54, 1.807) is 6.92 Å². The first-order valence-corrected chi connectivity index (χ1v) is 11.2. The van der Waals surface area contributed by atoms with Crippen LogP contribution in [0.2, 0.25) is 0 Å². The van der Waals surface area contributed by atoms with Gasteiger partial charge in [0, 0.05) is 5.33 Å². The lowest BCUT2D eigenvalue weighted by Gasteiger charge is -2.09. The maximum atomic E-state index is 10.7. The zero-order chi connectivity index (χ0) is 26.9. The lowest BCUT2D eigenvalue weighted by atomic mass is 10.4. The third-order valence-electron chi connectivity index (χ3n) is 2.90. The summed E-state index contributed by atoms with van der Waals surface area (Å²) in [6.45, 7) is 6.60. The van der Waals surface area contributed by atoms with Crippen LogP contribution in [0.1, 0.15) is 41.0 Å². The summed E-state index contributed by atoms with van der Waals surface area (Å²) in [7, 11) is 0. The standard InChI is InChI=1S/2C6H9BrO4.C6H10O5/c1-4(6(9)10)11-5(8)2-3-7;2*1-3(7)6(10)11-4(2)5(8)9/h4H,2-3H2,1H3,(H,9,10);3-4H,1-2H3,(H,8,9);3-4,7H,1-2H3,(H,8,9). The van der Waals surface area contributed by atoms with E-state index in [1.807, 2.05) is 0 Å². The van der Waals surface area contributed by atoms with Crippen LogP contribution in [0.25, 0.3) is 0 Å². The Hall–Kier alpha value is -2.26. The number of rotatable bonds is 10. The van der Waals surface area contributed by atoms with Crippen molar-refractivity contribution in [2.45, 2.75) is 70.3 Å². The number of ether oxygens (including phenoxy) is 3. The number of aliphatic carboxylic acids is 3. The molecule has 0 aliphatic rings. The molecule has 0 saturated carbocycles. The zero-order valence-corrected chi connectivity index (χ0v) is 21.7. The van der Waals surface area contributed by atoms with Gasteiger partial charge >= 0.3 is 35.8 Å². The van der Waals surface area contributed by atoms with Crippen LogP contribution in [-0.4, -0.2) is 90.8 Å². The number of carbonyl (C=O) groups excluding carboxylic acids is 3. The number of hydrogen-bond acceptors (Lipinski definition) is 10. The molecule has 33 heavy (non-hydrogen) atoms. The summed E-state index contributed by atoms with van der Waals surface area (Å²) in [5, 5.41) is 34.0. The molecule has 5 atom stereocenters. The van der Waals surface area contributed by atoms with Crippen LogP contribution in [-0.2, 0) is 43.0 Å². The monoisotopic (exact) mass is 610 g/mol. The number of carbonyl (C=O) groups is 6. The van der Waals surface area contributed by atoms with E-state index >= 15 is 0 Å². The Balaban J connectivity index is -0.000000409. The van der Waals surface area contributed by atoms with E-state index in [9.17, 15) is 28.8 Å². The second kappa shape index (κ2) is 19.2. The van der Waals surface area contributed by atoms with Crippen LogP contribution in [0.3, 0.4) is 0 Å². The van der Waals surface area contributed by atoms with E-state index in [0.29, 0.717) is 5.33 Å². The molecule has 0 spiro atoms. The van der Waals surface area contributed by atoms with Crippen molar-refractivity contribution >= 4 is 67.7 Å². The number of halogens is 2. The topological polar surface area (TPSA) is 211 Å². The third kappa shape index (κ3) is 21.3. The first kappa shape index (κ1) is 35.3. The number of aliphatic hydroxyl groups excluding tert-OH is 1. The molecule has 13 nitrogen and oxygen atoms in total. The van der Waals surface area contributed by atoms with E-state index in [2.05, 4.69) is 46.1 Å². The maximum absolute atomic E-state index is 10.7. The molecule has 0 aromatic rings. The largest absolute Gasteiger partial charge is 0.479 e. The number of carboxylic acid groups (broad SMARTS) is 3. The zero-order valence-electron chi connectivity index (χ0n) is 18.5. The van der Waals surface area contributed by atoms with Crippen molar-refractivity contribution in [2.24, 2.45) is 0 Å². The molecule has 0 heterocycles. The van der Waals surface area contributed by atoms with Crippen molar-refractivity contribution in [3.63, 3.8) is 0 Å². The number of aliphatic hydroxyl groups is 1. The van der Waals surface area contributed by atoms with Gasteiger partial charge in [0.25, 0.3) is 0 Å². The summed E-state index contributed by atoms with van der Waals surface area (Å²) in [6.07, 6.45) is -4.43. The minimum absolute atomic E-state index is 0.192. The van der Waals surface area contributed by atoms with Gasteiger partial charge < -0.3 is 34.6 Å². The van der Waals surface area contributed by atoms with Gasteiger partial charge in [-0.05, 0) is 34.6 Å². The third-order valence-corrected chi connectivity index (χ3v) is 3.67. The van der Waals surface area contributed by atoms with E-state index in [4.69, 9.17) is 20.4 Å². The van der Waals surface area contributed by atoms with E-state index < -0.39 is 65.1 Å². The van der Waals surface area contributed by atoms with Crippen molar-refractivity contribution < 1.29 is 63.4 Å². The van der Waals surface area contributed by atoms with E-state index in [1.165, 1.54) is 27.7 Å². The van der Waals surface area contributed by atoms with E-state index in [-0.39, 0.29) is 6.42 Å². The minimum Gasteiger partial charge on any atom is -0.479 e. The molecular weight excluding hydrogens is 584 g/mol. The maximum Gasteiger partial charge on any atom is 0.344 e. The van der Waals surface area contributed by atoms with Gasteiger partial charge in [-0.2, -0.15) is 0 Å². The average Bonchev–Trinajstić information content (AvgIpc) is 2.68. The van der Waals surface area contributed by atoms with Crippen LogP contribution in [0.4, 0.5) is 0 Å². The Labute approximate surface area is 206 Å². The van der Waals surface area contributed by atoms with Crippen LogP contribution in [0, 0.1) is 0 Å². The molecule has 0 rings (SSSR count). The highest BCUT2D eigenvalue weighted by Gasteiger charge is 2.20. The lowest BCUT2D eigenvalue weighted by Crippen LogP contribution is -2.29. The Morgan fingerprint density at radius 1 is 0.697 bits per heavy atom. The Kier molecular flexibility index (Phi) is 20.6. The highest BCUT2D eigenvalue weighted by Crippen LogP contribution is 2.03. The molecule has 0 aromatic heterocycles. The second-order valence-electron chi connectivity index (χ2n) is 6.04. The Bertz CT molecular complexity index is 626. The van der Waals surface area contributed by atoms with Gasteiger partial charge in [-0.1, -0.05) is 31.9 Å². The Morgan fingerprint density at radius 3 is 1.30 bits per heavy atom. The molecule has 4 N–H and O–H groups in total. The summed E-state index contributed by atoms with van der Waals surface area (Å²) < 4.78 is 13.3. The number of carboxylic acids is 3. The van der Waals surface area contributed by atoms with Gasteiger partial charge in [0.15, 0.2) is 18.3 Å². The van der Waals surface area contributed by atoms with Gasteiger partial charge in [-0.15, -0.1) is 0 Å². The summed E-state index contributed by atoms with van der Waals surface area (Å²) in [5.41, 5.74) is 0. The predicted octanol–water partition coefficient (Wildman–Crippen LogP) is 0.957. The van der Waals surface area contributed by atoms with Gasteiger partial charge in [0.1, 0.15) is 10.9 Å². The minimum atomic E-state index is -1.28. The summed E-state index contributed by atoms with van der Waals surface area (Å²) >= 11 is 5.98. The van der Waals surface area contributed by atoms with Gasteiger partial charge in [-0.3, -0.25) is 9.59 Å². The summed E-state index contributed by atoms with van der Waals surface area (Å²) in [4.78, 5) is 61.8. The van der Waals surface area contributed by atoms with Gasteiger partial charge in [0.2, 0.25) is 0 Å². The van der Waals surface area contributed by atoms with Crippen LogP contribution >= 0.6 is 31.9 Å². The van der Waals surface area contributed by atoms with E-state index in [0.717, 1.165) is 0 Å². The highest BCUT2D eigenvalue weighted by molar-refractivity contribution is 9.10. The van der Waals surface area contributed by atoms with Crippen LogP contribution in [0.5, 0.6) is 0 Å². The molecule has 0 amide bonds. The van der Waals surface area contributed by atoms with Crippen molar-refractivity contribution in [2.75, 3.05) is 5.33 Å². The molecular formula is C18H28Br2O13. The van der Waals surface area contributed by atoms with Crippen LogP contribution < -0.4 is 0 Å². The lowest BCUT2D eigenvalue weighted by molar-refractivity contribution is -0.168. The first-order chi connectivity index (χ1) is 15.0. The highest BCUT2D eigenvalue weighted by atomic mass is 79.9. The van der Waals surface area contributed by atoms with Gasteiger partial charge in [-0.25, -0.2) is 19.2 Å². The summed E-state index contributed by atoms with van der Waals surface area (Å²) in [5.74, 6) is -5.52. The molecule has 0 bridgehead atoms. The quantitative estimate of drug-likeness (QED) is 0.154. The molecule has 0 fully saturated rings. The summed E-state index contributed by atoms with van der Waals surface area (Å²) in [6, 6.07) is 0. The molecule has 0 saturated heterocycles. The fourth-order valence-electron chi connectivity index (χ4n) is 1.03. The normalized spacial score (nSPS) is 14.2. The fourth-order valence-corrected chi connectivity index (χ4v) is 1.46. The predicted molar refractivity (Wildman–Crippen MR) is 118 cm³/mol. The number of alkyl halides is 2. The van der Waals surface area contributed by atoms with Crippen molar-refractivity contribution in [1.29, 1.82) is 0 Å². The molecule has 192 valence electrons. The van der Waals surface area contributed by atoms with Crippen molar-refractivity contribution in [3.8, 4) is 0 Å². The Morgan fingerprint density at radius 2 is 1.03 bits per heavy atom. The average molecular weight is 612 g/mol. The number of hydrogen-bond donors (Lipinski definition) is 4. The second-order valence-corrected chi connectivity index (χ2v) is 8.20. The van der Waals surface area contributed by atoms with Crippen LogP contribution in [0.15, 0.2) is 0 Å². The van der Waals surface area contributed by atoms with Crippen molar-refractivity contribution in [1.82, 2.24) is 0 Å². The molecule has 0 radical (unpaired) electrons. The smallest absolute Gasteiger partial charge is 0.344 e. The molecule has 5 unspecified atom stereocenters. The first-order valence-electron chi connectivity index (χ1n) is 9.14. The molecule has 0 aromatic carbocycles. The fraction of sp³-hybridized carbons (Fsp3) is 0.667. The number of esters is 3. The molecule has 15 heteroatoms. The van der Waals surface area contributed by atoms with Crippen molar-refractivity contribution in [3.05, 3.63) is 0 Å². The van der Waals surface area contributed by atoms with Gasteiger partial charge in [0.05, 0.1) is 6.42 Å². The molecule has 0 aliphatic heterocycles. The molecule has 0 aliphatic carbocycles.